The molecule has 1 aromatic heterocycles. The molecule has 1 aromatic carbocycles. The first-order valence-corrected chi connectivity index (χ1v) is 8.38. The third-order valence-corrected chi connectivity index (χ3v) is 4.51. The molecule has 1 N–H and O–H groups in total. The summed E-state index contributed by atoms with van der Waals surface area (Å²) >= 11 is 1.71. The van der Waals surface area contributed by atoms with Gasteiger partial charge in [0, 0.05) is 17.3 Å². The van der Waals surface area contributed by atoms with Crippen molar-refractivity contribution < 1.29 is 4.74 Å². The Morgan fingerprint density at radius 2 is 2.10 bits per heavy atom. The van der Waals surface area contributed by atoms with Crippen molar-refractivity contribution in [3.8, 4) is 5.75 Å². The lowest BCUT2D eigenvalue weighted by Crippen LogP contribution is -2.17. The van der Waals surface area contributed by atoms with Gasteiger partial charge < -0.3 is 10.1 Å². The maximum atomic E-state index is 5.87. The van der Waals surface area contributed by atoms with Crippen LogP contribution in [0.15, 0.2) is 29.6 Å². The molecule has 21 heavy (non-hydrogen) atoms. The van der Waals surface area contributed by atoms with Crippen LogP contribution in [0.3, 0.4) is 0 Å². The van der Waals surface area contributed by atoms with Crippen molar-refractivity contribution in [2.45, 2.75) is 46.3 Å². The summed E-state index contributed by atoms with van der Waals surface area (Å²) in [5.41, 5.74) is 2.25. The summed E-state index contributed by atoms with van der Waals surface area (Å²) in [6.07, 6.45) is 0. The van der Waals surface area contributed by atoms with E-state index in [9.17, 15) is 0 Å². The molecule has 114 valence electrons. The third-order valence-electron chi connectivity index (χ3n) is 3.32. The van der Waals surface area contributed by atoms with Crippen molar-refractivity contribution in [2.24, 2.45) is 0 Å². The van der Waals surface area contributed by atoms with Crippen LogP contribution < -0.4 is 10.1 Å². The Bertz CT molecular complexity index is 565. The lowest BCUT2D eigenvalue weighted by atomic mass is 10.1. The number of nitrogens with zero attached hydrogens (tertiary/aromatic N) is 1. The first kappa shape index (κ1) is 16.0. The van der Waals surface area contributed by atoms with Gasteiger partial charge >= 0.3 is 0 Å². The van der Waals surface area contributed by atoms with Gasteiger partial charge in [0.05, 0.1) is 10.7 Å². The molecule has 0 aliphatic heterocycles. The maximum absolute atomic E-state index is 5.87. The van der Waals surface area contributed by atoms with Gasteiger partial charge in [0.1, 0.15) is 12.4 Å². The van der Waals surface area contributed by atoms with E-state index in [0.717, 1.165) is 18.0 Å². The Morgan fingerprint density at radius 3 is 2.76 bits per heavy atom. The van der Waals surface area contributed by atoms with E-state index in [2.05, 4.69) is 55.5 Å². The average Bonchev–Trinajstić information content (AvgIpc) is 2.95. The highest BCUT2D eigenvalue weighted by atomic mass is 32.1. The number of nitrogens with one attached hydrogen (secondary N) is 1. The Labute approximate surface area is 131 Å². The van der Waals surface area contributed by atoms with Crippen LogP contribution in [-0.4, -0.2) is 11.5 Å². The Hall–Kier alpha value is -1.39. The van der Waals surface area contributed by atoms with Gasteiger partial charge in [-0.2, -0.15) is 0 Å². The maximum Gasteiger partial charge on any atom is 0.131 e. The number of hydrogen-bond acceptors (Lipinski definition) is 4. The van der Waals surface area contributed by atoms with Crippen LogP contribution >= 0.6 is 11.3 Å². The van der Waals surface area contributed by atoms with Crippen LogP contribution in [0.4, 0.5) is 0 Å². The van der Waals surface area contributed by atoms with Gasteiger partial charge in [-0.05, 0) is 31.2 Å². The Balaban J connectivity index is 1.97. The van der Waals surface area contributed by atoms with Crippen molar-refractivity contribution in [1.29, 1.82) is 0 Å². The molecule has 4 heteroatoms. The van der Waals surface area contributed by atoms with Gasteiger partial charge in [-0.1, -0.05) is 32.9 Å². The normalized spacial score (nSPS) is 12.6. The van der Waals surface area contributed by atoms with Crippen LogP contribution in [0.2, 0.25) is 0 Å². The minimum absolute atomic E-state index is 0.338. The van der Waals surface area contributed by atoms with Crippen molar-refractivity contribution >= 4 is 11.3 Å². The molecule has 1 atom stereocenters. The summed E-state index contributed by atoms with van der Waals surface area (Å²) < 4.78 is 5.87. The summed E-state index contributed by atoms with van der Waals surface area (Å²) in [6, 6.07) is 8.60. The van der Waals surface area contributed by atoms with Gasteiger partial charge in [-0.15, -0.1) is 11.3 Å². The molecule has 0 aliphatic carbocycles. The van der Waals surface area contributed by atoms with Crippen LogP contribution in [0.1, 0.15) is 55.9 Å². The Kier molecular flexibility index (Phi) is 5.76. The van der Waals surface area contributed by atoms with E-state index >= 15 is 0 Å². The zero-order chi connectivity index (χ0) is 15.2. The first-order valence-electron chi connectivity index (χ1n) is 7.50. The topological polar surface area (TPSA) is 34.1 Å². The fraction of sp³-hybridized carbons (Fsp3) is 0.471. The average molecular weight is 304 g/mol. The second-order valence-electron chi connectivity index (χ2n) is 5.47. The molecule has 0 spiro atoms. The van der Waals surface area contributed by atoms with Gasteiger partial charge in [0.15, 0.2) is 0 Å². The number of ether oxygens (including phenoxy) is 1. The SMILES string of the molecule is CCNC(C)c1cccc(OCc2csc(C(C)C)n2)c1. The predicted molar refractivity (Wildman–Crippen MR) is 89.1 cm³/mol. The summed E-state index contributed by atoms with van der Waals surface area (Å²) in [5, 5.41) is 6.67. The smallest absolute Gasteiger partial charge is 0.131 e. The molecule has 1 heterocycles. The van der Waals surface area contributed by atoms with Crippen molar-refractivity contribution in [3.05, 3.63) is 45.9 Å². The molecule has 0 fully saturated rings. The second-order valence-corrected chi connectivity index (χ2v) is 6.36. The molecular weight excluding hydrogens is 280 g/mol. The van der Waals surface area contributed by atoms with E-state index in [-0.39, 0.29) is 0 Å². The van der Waals surface area contributed by atoms with Crippen molar-refractivity contribution in [3.63, 3.8) is 0 Å². The summed E-state index contributed by atoms with van der Waals surface area (Å²) in [6.45, 7) is 10.1. The lowest BCUT2D eigenvalue weighted by molar-refractivity contribution is 0.301. The molecule has 0 amide bonds. The number of rotatable bonds is 7. The van der Waals surface area contributed by atoms with Crippen LogP contribution in [-0.2, 0) is 6.61 Å². The number of thiazole rings is 1. The van der Waals surface area contributed by atoms with E-state index in [4.69, 9.17) is 4.74 Å². The molecule has 0 aliphatic rings. The van der Waals surface area contributed by atoms with Gasteiger partial charge in [-0.3, -0.25) is 0 Å². The van der Waals surface area contributed by atoms with Gasteiger partial charge in [0.2, 0.25) is 0 Å². The van der Waals surface area contributed by atoms with E-state index < -0.39 is 0 Å². The van der Waals surface area contributed by atoms with E-state index in [1.54, 1.807) is 11.3 Å². The van der Waals surface area contributed by atoms with Crippen LogP contribution in [0.5, 0.6) is 5.75 Å². The molecule has 0 saturated carbocycles. The highest BCUT2D eigenvalue weighted by Gasteiger charge is 2.08. The quantitative estimate of drug-likeness (QED) is 0.817. The molecule has 2 aromatic rings. The molecule has 3 nitrogen and oxygen atoms in total. The van der Waals surface area contributed by atoms with Crippen molar-refractivity contribution in [2.75, 3.05) is 6.54 Å². The fourth-order valence-corrected chi connectivity index (χ4v) is 2.93. The van der Waals surface area contributed by atoms with Crippen LogP contribution in [0, 0.1) is 0 Å². The Morgan fingerprint density at radius 1 is 1.29 bits per heavy atom. The van der Waals surface area contributed by atoms with E-state index in [0.29, 0.717) is 18.6 Å². The summed E-state index contributed by atoms with van der Waals surface area (Å²) in [4.78, 5) is 4.59. The summed E-state index contributed by atoms with van der Waals surface area (Å²) in [7, 11) is 0. The minimum Gasteiger partial charge on any atom is -0.487 e. The minimum atomic E-state index is 0.338. The van der Waals surface area contributed by atoms with E-state index in [1.165, 1.54) is 10.6 Å². The molecule has 1 unspecified atom stereocenters. The first-order chi connectivity index (χ1) is 10.1. The highest BCUT2D eigenvalue weighted by Crippen LogP contribution is 2.22. The summed E-state index contributed by atoms with van der Waals surface area (Å²) in [5.74, 6) is 1.38. The zero-order valence-corrected chi connectivity index (χ0v) is 14.0. The van der Waals surface area contributed by atoms with Crippen LogP contribution in [0.25, 0.3) is 0 Å². The molecule has 0 bridgehead atoms. The molecular formula is C17H24N2OS. The second kappa shape index (κ2) is 7.57. The van der Waals surface area contributed by atoms with Gasteiger partial charge in [0.25, 0.3) is 0 Å². The predicted octanol–water partition coefficient (Wildman–Crippen LogP) is 4.52. The zero-order valence-electron chi connectivity index (χ0n) is 13.2. The number of benzene rings is 1. The largest absolute Gasteiger partial charge is 0.487 e. The van der Waals surface area contributed by atoms with Gasteiger partial charge in [-0.25, -0.2) is 4.98 Å². The molecule has 2 rings (SSSR count). The lowest BCUT2D eigenvalue weighted by Gasteiger charge is -2.14. The van der Waals surface area contributed by atoms with Crippen molar-refractivity contribution in [1.82, 2.24) is 10.3 Å². The monoisotopic (exact) mass is 304 g/mol. The number of hydrogen-bond donors (Lipinski definition) is 1. The molecule has 0 radical (unpaired) electrons. The standard InChI is InChI=1S/C17H24N2OS/c1-5-18-13(4)14-7-6-8-16(9-14)20-10-15-11-21-17(19-15)12(2)3/h6-9,11-13,18H,5,10H2,1-4H3. The number of aromatic nitrogens is 1. The highest BCUT2D eigenvalue weighted by molar-refractivity contribution is 7.09. The van der Waals surface area contributed by atoms with E-state index in [1.807, 2.05) is 12.1 Å². The third kappa shape index (κ3) is 4.55. The fourth-order valence-electron chi connectivity index (χ4n) is 2.11. The molecule has 0 saturated heterocycles.